The van der Waals surface area contributed by atoms with Gasteiger partial charge in [-0.2, -0.15) is 0 Å². The van der Waals surface area contributed by atoms with E-state index >= 15 is 0 Å². The molecule has 0 radical (unpaired) electrons. The zero-order valence-corrected chi connectivity index (χ0v) is 13.5. The highest BCUT2D eigenvalue weighted by Crippen LogP contribution is 2.68. The molecule has 0 N–H and O–H groups in total. The van der Waals surface area contributed by atoms with Gasteiger partial charge in [0.05, 0.1) is 24.3 Å². The summed E-state index contributed by atoms with van der Waals surface area (Å²) in [7, 11) is -1.41. The largest absolute Gasteiger partial charge is 0.504 e. The summed E-state index contributed by atoms with van der Waals surface area (Å²) >= 11 is 0. The second-order valence-corrected chi connectivity index (χ2v) is 8.58. The quantitative estimate of drug-likeness (QED) is 0.576. The summed E-state index contributed by atoms with van der Waals surface area (Å²) in [5.41, 5.74) is -0.601. The van der Waals surface area contributed by atoms with Gasteiger partial charge in [-0.3, -0.25) is 4.57 Å². The predicted octanol–water partition coefficient (Wildman–Crippen LogP) is 3.99. The highest BCUT2D eigenvalue weighted by atomic mass is 31.2. The highest BCUT2D eigenvalue weighted by molar-refractivity contribution is 7.61. The molecule has 18 heavy (non-hydrogen) atoms. The normalized spacial score (nSPS) is 29.6. The molecule has 0 spiro atoms. The van der Waals surface area contributed by atoms with Crippen LogP contribution in [0, 0.1) is 0 Å². The van der Waals surface area contributed by atoms with Crippen molar-refractivity contribution in [3.05, 3.63) is 11.6 Å². The highest BCUT2D eigenvalue weighted by Gasteiger charge is 2.53. The van der Waals surface area contributed by atoms with Crippen LogP contribution in [-0.4, -0.2) is 29.5 Å². The molecule has 1 saturated heterocycles. The average Bonchev–Trinajstić information content (AvgIpc) is 2.45. The van der Waals surface area contributed by atoms with E-state index in [1.54, 1.807) is 13.4 Å². The third kappa shape index (κ3) is 2.98. The lowest BCUT2D eigenvalue weighted by molar-refractivity contribution is 0.138. The molecule has 5 heteroatoms. The van der Waals surface area contributed by atoms with Crippen molar-refractivity contribution in [1.29, 1.82) is 0 Å². The average molecular weight is 275 g/mol. The maximum atomic E-state index is 13.3. The molecule has 0 aromatic heterocycles. The van der Waals surface area contributed by atoms with Gasteiger partial charge in [0.2, 0.25) is 0 Å². The SMILES string of the molecule is CCC(=COC)P1(=O)OC(C)(C)CN1C(C)(C)C. The Labute approximate surface area is 111 Å². The molecule has 1 aliphatic rings. The van der Waals surface area contributed by atoms with Crippen LogP contribution in [0.2, 0.25) is 0 Å². The van der Waals surface area contributed by atoms with Crippen molar-refractivity contribution in [3.63, 3.8) is 0 Å². The van der Waals surface area contributed by atoms with Crippen LogP contribution in [0.5, 0.6) is 0 Å². The van der Waals surface area contributed by atoms with E-state index in [9.17, 15) is 4.57 Å². The summed E-state index contributed by atoms with van der Waals surface area (Å²) in [4.78, 5) is 0. The van der Waals surface area contributed by atoms with Crippen molar-refractivity contribution in [1.82, 2.24) is 4.67 Å². The van der Waals surface area contributed by atoms with Crippen molar-refractivity contribution in [2.75, 3.05) is 13.7 Å². The third-order valence-corrected chi connectivity index (χ3v) is 6.24. The molecule has 1 fully saturated rings. The minimum Gasteiger partial charge on any atom is -0.504 e. The van der Waals surface area contributed by atoms with Gasteiger partial charge in [-0.05, 0) is 41.0 Å². The summed E-state index contributed by atoms with van der Waals surface area (Å²) in [5.74, 6) is 0. The molecular weight excluding hydrogens is 249 g/mol. The molecule has 0 aromatic carbocycles. The van der Waals surface area contributed by atoms with Gasteiger partial charge in [0.25, 0.3) is 0 Å². The summed E-state index contributed by atoms with van der Waals surface area (Å²) in [6.45, 7) is 12.8. The molecule has 0 aromatic rings. The van der Waals surface area contributed by atoms with Crippen LogP contribution in [-0.2, 0) is 13.8 Å². The van der Waals surface area contributed by atoms with Gasteiger partial charge in [0, 0.05) is 12.1 Å². The summed E-state index contributed by atoms with van der Waals surface area (Å²) in [6, 6.07) is 0. The first kappa shape index (κ1) is 15.7. The smallest absolute Gasteiger partial charge is 0.302 e. The number of hydrogen-bond acceptors (Lipinski definition) is 3. The lowest BCUT2D eigenvalue weighted by atomic mass is 10.1. The van der Waals surface area contributed by atoms with Gasteiger partial charge in [-0.1, -0.05) is 6.92 Å². The van der Waals surface area contributed by atoms with Gasteiger partial charge in [0.1, 0.15) is 0 Å². The first-order valence-electron chi connectivity index (χ1n) is 6.38. The van der Waals surface area contributed by atoms with Gasteiger partial charge in [-0.15, -0.1) is 0 Å². The number of allylic oxidation sites excluding steroid dienone is 1. The summed E-state index contributed by atoms with van der Waals surface area (Å²) in [5, 5.41) is 0.741. The van der Waals surface area contributed by atoms with E-state index in [0.717, 1.165) is 5.31 Å². The maximum Gasteiger partial charge on any atom is 0.302 e. The van der Waals surface area contributed by atoms with Crippen molar-refractivity contribution in [2.24, 2.45) is 0 Å². The fraction of sp³-hybridized carbons (Fsp3) is 0.846. The van der Waals surface area contributed by atoms with Crippen molar-refractivity contribution in [3.8, 4) is 0 Å². The van der Waals surface area contributed by atoms with E-state index in [-0.39, 0.29) is 5.54 Å². The topological polar surface area (TPSA) is 38.8 Å². The number of nitrogens with zero attached hydrogens (tertiary/aromatic N) is 1. The van der Waals surface area contributed by atoms with E-state index in [1.165, 1.54) is 0 Å². The first-order valence-corrected chi connectivity index (χ1v) is 7.96. The Balaban J connectivity index is 3.25. The van der Waals surface area contributed by atoms with Gasteiger partial charge >= 0.3 is 7.52 Å². The Kier molecular flexibility index (Phi) is 4.37. The Morgan fingerprint density at radius 3 is 2.44 bits per heavy atom. The molecule has 1 aliphatic heterocycles. The lowest BCUT2D eigenvalue weighted by Gasteiger charge is -2.35. The first-order chi connectivity index (χ1) is 8.07. The summed E-state index contributed by atoms with van der Waals surface area (Å²) in [6.07, 6.45) is 2.23. The Hall–Kier alpha value is -0.310. The molecular formula is C13H26NO3P. The predicted molar refractivity (Wildman–Crippen MR) is 74.6 cm³/mol. The second-order valence-electron chi connectivity index (χ2n) is 6.30. The van der Waals surface area contributed by atoms with E-state index in [2.05, 4.69) is 20.8 Å². The van der Waals surface area contributed by atoms with E-state index < -0.39 is 13.1 Å². The van der Waals surface area contributed by atoms with Crippen molar-refractivity contribution < 1.29 is 13.8 Å². The lowest BCUT2D eigenvalue weighted by Crippen LogP contribution is -2.39. The number of hydrogen-bond donors (Lipinski definition) is 0. The van der Waals surface area contributed by atoms with Gasteiger partial charge in [-0.25, -0.2) is 4.67 Å². The molecule has 1 unspecified atom stereocenters. The van der Waals surface area contributed by atoms with Crippen molar-refractivity contribution >= 4 is 7.52 Å². The number of rotatable bonds is 3. The molecule has 0 amide bonds. The summed E-state index contributed by atoms with van der Waals surface area (Å²) < 4.78 is 26.2. The van der Waals surface area contributed by atoms with Crippen LogP contribution in [0.4, 0.5) is 0 Å². The number of ether oxygens (including phenoxy) is 1. The molecule has 0 bridgehead atoms. The Morgan fingerprint density at radius 2 is 2.06 bits per heavy atom. The number of methoxy groups -OCH3 is 1. The van der Waals surface area contributed by atoms with E-state index in [0.29, 0.717) is 13.0 Å². The molecule has 4 nitrogen and oxygen atoms in total. The standard InChI is InChI=1S/C13H26NO3P/c1-8-11(9-16-7)18(15)14(12(2,3)4)10-13(5,6)17-18/h9H,8,10H2,1-7H3. The zero-order valence-electron chi connectivity index (χ0n) is 12.6. The van der Waals surface area contributed by atoms with Crippen LogP contribution in [0.15, 0.2) is 11.6 Å². The van der Waals surface area contributed by atoms with E-state index in [1.807, 2.05) is 25.4 Å². The third-order valence-electron chi connectivity index (χ3n) is 2.97. The van der Waals surface area contributed by atoms with Crippen LogP contribution in [0.1, 0.15) is 48.0 Å². The molecule has 1 heterocycles. The molecule has 1 rings (SSSR count). The second kappa shape index (κ2) is 4.99. The molecule has 0 saturated carbocycles. The molecule has 0 aliphatic carbocycles. The zero-order chi connectivity index (χ0) is 14.2. The fourth-order valence-corrected chi connectivity index (χ4v) is 5.41. The Morgan fingerprint density at radius 1 is 1.50 bits per heavy atom. The van der Waals surface area contributed by atoms with Crippen LogP contribution in [0.3, 0.4) is 0 Å². The van der Waals surface area contributed by atoms with Gasteiger partial charge in [0.15, 0.2) is 0 Å². The monoisotopic (exact) mass is 275 g/mol. The Bertz CT molecular complexity index is 382. The molecule has 106 valence electrons. The van der Waals surface area contributed by atoms with Crippen LogP contribution >= 0.6 is 7.52 Å². The van der Waals surface area contributed by atoms with Gasteiger partial charge < -0.3 is 9.26 Å². The maximum absolute atomic E-state index is 13.3. The van der Waals surface area contributed by atoms with Crippen LogP contribution in [0.25, 0.3) is 0 Å². The van der Waals surface area contributed by atoms with Crippen molar-refractivity contribution in [2.45, 2.75) is 59.1 Å². The fourth-order valence-electron chi connectivity index (χ4n) is 2.20. The molecule has 1 atom stereocenters. The van der Waals surface area contributed by atoms with E-state index in [4.69, 9.17) is 9.26 Å². The minimum absolute atomic E-state index is 0.203. The van der Waals surface area contributed by atoms with Crippen LogP contribution < -0.4 is 0 Å². The minimum atomic E-state index is -2.98.